The van der Waals surface area contributed by atoms with Crippen molar-refractivity contribution < 1.29 is 14.3 Å². The zero-order valence-electron chi connectivity index (χ0n) is 16.8. The third kappa shape index (κ3) is 5.92. The molecule has 1 amide bonds. The Labute approximate surface area is 177 Å². The second kappa shape index (κ2) is 10.2. The molecule has 1 aliphatic rings. The lowest BCUT2D eigenvalue weighted by atomic mass is 10.2. The number of carbonyl (C=O) groups is 1. The number of morpholine rings is 1. The summed E-state index contributed by atoms with van der Waals surface area (Å²) in [6.07, 6.45) is 0.986. The van der Waals surface area contributed by atoms with Crippen molar-refractivity contribution in [1.29, 1.82) is 0 Å². The fourth-order valence-corrected chi connectivity index (χ4v) is 3.22. The quantitative estimate of drug-likeness (QED) is 0.702. The summed E-state index contributed by atoms with van der Waals surface area (Å²) >= 11 is 5.38. The second-order valence-electron chi connectivity index (χ2n) is 6.89. The summed E-state index contributed by atoms with van der Waals surface area (Å²) in [7, 11) is 0. The van der Waals surface area contributed by atoms with Crippen molar-refractivity contribution in [2.24, 2.45) is 0 Å². The molecule has 0 bridgehead atoms. The molecule has 6 nitrogen and oxygen atoms in total. The highest BCUT2D eigenvalue weighted by Crippen LogP contribution is 2.26. The molecule has 1 heterocycles. The van der Waals surface area contributed by atoms with Crippen LogP contribution in [0.5, 0.6) is 5.75 Å². The number of nitrogens with one attached hydrogen (secondary N) is 2. The van der Waals surface area contributed by atoms with Gasteiger partial charge in [-0.1, -0.05) is 25.1 Å². The molecule has 3 rings (SSSR count). The highest BCUT2D eigenvalue weighted by molar-refractivity contribution is 7.80. The van der Waals surface area contributed by atoms with Crippen LogP contribution in [-0.2, 0) is 4.74 Å². The van der Waals surface area contributed by atoms with Gasteiger partial charge in [-0.15, -0.1) is 0 Å². The number of anilines is 2. The third-order valence-corrected chi connectivity index (χ3v) is 4.94. The van der Waals surface area contributed by atoms with Gasteiger partial charge in [0.2, 0.25) is 0 Å². The number of para-hydroxylation sites is 2. The van der Waals surface area contributed by atoms with E-state index in [1.54, 1.807) is 18.2 Å². The zero-order chi connectivity index (χ0) is 20.6. The van der Waals surface area contributed by atoms with E-state index in [-0.39, 0.29) is 17.1 Å². The first-order chi connectivity index (χ1) is 14.1. The summed E-state index contributed by atoms with van der Waals surface area (Å²) in [6.45, 7) is 7.09. The molecule has 2 aromatic carbocycles. The molecule has 1 fully saturated rings. The van der Waals surface area contributed by atoms with Gasteiger partial charge in [0.1, 0.15) is 5.75 Å². The number of benzene rings is 2. The predicted octanol–water partition coefficient (Wildman–Crippen LogP) is 3.83. The number of thiocarbonyl (C=S) groups is 1. The Morgan fingerprint density at radius 1 is 1.21 bits per heavy atom. The van der Waals surface area contributed by atoms with Crippen LogP contribution in [0.25, 0.3) is 0 Å². The van der Waals surface area contributed by atoms with Gasteiger partial charge < -0.3 is 19.7 Å². The Balaban J connectivity index is 1.64. The lowest BCUT2D eigenvalue weighted by molar-refractivity contribution is 0.0977. The van der Waals surface area contributed by atoms with Gasteiger partial charge in [-0.2, -0.15) is 0 Å². The summed E-state index contributed by atoms with van der Waals surface area (Å²) in [6, 6.07) is 15.0. The number of hydrogen-bond acceptors (Lipinski definition) is 5. The van der Waals surface area contributed by atoms with E-state index in [4.69, 9.17) is 21.7 Å². The number of carbonyl (C=O) groups excluding carboxylic acids is 1. The highest BCUT2D eigenvalue weighted by Gasteiger charge is 2.16. The molecule has 0 spiro atoms. The summed E-state index contributed by atoms with van der Waals surface area (Å²) in [5.74, 6) is 0.393. The molecule has 7 heteroatoms. The maximum Gasteiger partial charge on any atom is 0.257 e. The van der Waals surface area contributed by atoms with Crippen LogP contribution < -0.4 is 20.3 Å². The largest absolute Gasteiger partial charge is 0.491 e. The van der Waals surface area contributed by atoms with Crippen molar-refractivity contribution in [3.8, 4) is 5.75 Å². The van der Waals surface area contributed by atoms with Crippen molar-refractivity contribution in [3.63, 3.8) is 0 Å². The standard InChI is InChI=1S/C22H27N3O3S/c1-3-16(2)28-18-8-6-7-17(15-18)21(26)24-22(29)23-19-9-4-5-10-20(19)25-11-13-27-14-12-25/h4-10,15-16H,3,11-14H2,1-2H3,(H2,23,24,26,29)/t16-/m1/s1. The molecule has 0 aromatic heterocycles. The Morgan fingerprint density at radius 3 is 2.72 bits per heavy atom. The third-order valence-electron chi connectivity index (χ3n) is 4.74. The molecule has 154 valence electrons. The Bertz CT molecular complexity index is 853. The topological polar surface area (TPSA) is 62.8 Å². The van der Waals surface area contributed by atoms with Gasteiger partial charge in [-0.3, -0.25) is 10.1 Å². The molecule has 0 saturated carbocycles. The molecule has 1 atom stereocenters. The predicted molar refractivity (Wildman–Crippen MR) is 120 cm³/mol. The molecule has 0 radical (unpaired) electrons. The molecule has 29 heavy (non-hydrogen) atoms. The van der Waals surface area contributed by atoms with Gasteiger partial charge in [0.25, 0.3) is 5.91 Å². The van der Waals surface area contributed by atoms with Crippen LogP contribution in [0.15, 0.2) is 48.5 Å². The van der Waals surface area contributed by atoms with Gasteiger partial charge in [0.15, 0.2) is 5.11 Å². The van der Waals surface area contributed by atoms with Gasteiger partial charge in [0.05, 0.1) is 30.7 Å². The fraction of sp³-hybridized carbons (Fsp3) is 0.364. The van der Waals surface area contributed by atoms with E-state index in [9.17, 15) is 4.79 Å². The smallest absolute Gasteiger partial charge is 0.257 e. The normalized spacial score (nSPS) is 14.8. The molecular formula is C22H27N3O3S. The lowest BCUT2D eigenvalue weighted by Crippen LogP contribution is -2.38. The Kier molecular flexibility index (Phi) is 7.43. The fourth-order valence-electron chi connectivity index (χ4n) is 3.01. The summed E-state index contributed by atoms with van der Waals surface area (Å²) < 4.78 is 11.2. The summed E-state index contributed by atoms with van der Waals surface area (Å²) in [5, 5.41) is 6.16. The van der Waals surface area contributed by atoms with Crippen LogP contribution in [0, 0.1) is 0 Å². The maximum absolute atomic E-state index is 12.6. The second-order valence-corrected chi connectivity index (χ2v) is 7.30. The summed E-state index contributed by atoms with van der Waals surface area (Å²) in [5.41, 5.74) is 2.39. The van der Waals surface area contributed by atoms with Crippen LogP contribution >= 0.6 is 12.2 Å². The van der Waals surface area contributed by atoms with Gasteiger partial charge in [0, 0.05) is 18.7 Å². The number of nitrogens with zero attached hydrogens (tertiary/aromatic N) is 1. The Morgan fingerprint density at radius 2 is 1.97 bits per heavy atom. The SMILES string of the molecule is CC[C@@H](C)Oc1cccc(C(=O)NC(=S)Nc2ccccc2N2CCOCC2)c1. The molecule has 0 unspecified atom stereocenters. The molecular weight excluding hydrogens is 386 g/mol. The first-order valence-corrected chi connectivity index (χ1v) is 10.3. The Hall–Kier alpha value is -2.64. The molecule has 1 aliphatic heterocycles. The van der Waals surface area contributed by atoms with Crippen LogP contribution in [0.3, 0.4) is 0 Å². The first-order valence-electron chi connectivity index (χ1n) is 9.87. The van der Waals surface area contributed by atoms with E-state index in [0.717, 1.165) is 30.9 Å². The lowest BCUT2D eigenvalue weighted by Gasteiger charge is -2.30. The van der Waals surface area contributed by atoms with Crippen molar-refractivity contribution in [1.82, 2.24) is 5.32 Å². The van der Waals surface area contributed by atoms with Gasteiger partial charge in [-0.05, 0) is 55.9 Å². The zero-order valence-corrected chi connectivity index (χ0v) is 17.6. The van der Waals surface area contributed by atoms with Gasteiger partial charge >= 0.3 is 0 Å². The average Bonchev–Trinajstić information content (AvgIpc) is 2.74. The number of hydrogen-bond donors (Lipinski definition) is 2. The minimum Gasteiger partial charge on any atom is -0.491 e. The van der Waals surface area contributed by atoms with E-state index in [0.29, 0.717) is 24.5 Å². The van der Waals surface area contributed by atoms with Crippen molar-refractivity contribution in [2.45, 2.75) is 26.4 Å². The van der Waals surface area contributed by atoms with Crippen molar-refractivity contribution >= 4 is 34.6 Å². The highest BCUT2D eigenvalue weighted by atomic mass is 32.1. The van der Waals surface area contributed by atoms with Crippen LogP contribution in [0.4, 0.5) is 11.4 Å². The van der Waals surface area contributed by atoms with Crippen LogP contribution in [-0.4, -0.2) is 43.4 Å². The van der Waals surface area contributed by atoms with E-state index in [1.165, 1.54) is 0 Å². The minimum absolute atomic E-state index is 0.0905. The van der Waals surface area contributed by atoms with Crippen molar-refractivity contribution in [2.75, 3.05) is 36.5 Å². The van der Waals surface area contributed by atoms with Gasteiger partial charge in [-0.25, -0.2) is 0 Å². The summed E-state index contributed by atoms with van der Waals surface area (Å²) in [4.78, 5) is 14.9. The number of rotatable bonds is 6. The average molecular weight is 414 g/mol. The van der Waals surface area contributed by atoms with E-state index in [2.05, 4.69) is 22.5 Å². The van der Waals surface area contributed by atoms with E-state index < -0.39 is 0 Å². The maximum atomic E-state index is 12.6. The monoisotopic (exact) mass is 413 g/mol. The van der Waals surface area contributed by atoms with E-state index >= 15 is 0 Å². The number of amides is 1. The minimum atomic E-state index is -0.277. The number of ether oxygens (including phenoxy) is 2. The molecule has 2 N–H and O–H groups in total. The van der Waals surface area contributed by atoms with Crippen molar-refractivity contribution in [3.05, 3.63) is 54.1 Å². The van der Waals surface area contributed by atoms with Crippen LogP contribution in [0.1, 0.15) is 30.6 Å². The first kappa shape index (κ1) is 21.1. The molecule has 1 saturated heterocycles. The molecule has 2 aromatic rings. The van der Waals surface area contributed by atoms with Crippen LogP contribution in [0.2, 0.25) is 0 Å². The van der Waals surface area contributed by atoms with E-state index in [1.807, 2.05) is 37.3 Å². The molecule has 0 aliphatic carbocycles.